The summed E-state index contributed by atoms with van der Waals surface area (Å²) in [4.78, 5) is 49.2. The van der Waals surface area contributed by atoms with Crippen molar-refractivity contribution in [3.63, 3.8) is 0 Å². The van der Waals surface area contributed by atoms with E-state index < -0.39 is 17.7 Å². The number of hydrogen-bond donors (Lipinski definition) is 2. The number of alkyl carbamates (subject to hydrolysis) is 1. The number of hydrogen-bond acceptors (Lipinski definition) is 6. The molecule has 3 amide bonds. The Hall–Kier alpha value is -3.10. The largest absolute Gasteiger partial charge is 0.444 e. The zero-order valence-corrected chi connectivity index (χ0v) is 18.5. The summed E-state index contributed by atoms with van der Waals surface area (Å²) in [6, 6.07) is 6.50. The predicted octanol–water partition coefficient (Wildman–Crippen LogP) is 2.25. The van der Waals surface area contributed by atoms with E-state index >= 15 is 0 Å². The van der Waals surface area contributed by atoms with E-state index in [1.807, 2.05) is 0 Å². The van der Waals surface area contributed by atoms with Crippen LogP contribution in [-0.2, 0) is 14.3 Å². The maximum absolute atomic E-state index is 12.7. The minimum Gasteiger partial charge on any atom is -0.444 e. The summed E-state index contributed by atoms with van der Waals surface area (Å²) in [5, 5.41) is 5.50. The van der Waals surface area contributed by atoms with Crippen molar-refractivity contribution in [2.45, 2.75) is 58.6 Å². The molecule has 0 atom stereocenters. The molecule has 2 N–H and O–H groups in total. The highest BCUT2D eigenvalue weighted by Crippen LogP contribution is 2.18. The normalized spacial score (nSPS) is 14.5. The maximum atomic E-state index is 12.7. The second-order valence-corrected chi connectivity index (χ2v) is 8.43. The van der Waals surface area contributed by atoms with Gasteiger partial charge in [0.05, 0.1) is 0 Å². The Morgan fingerprint density at radius 2 is 1.81 bits per heavy atom. The first-order chi connectivity index (χ1) is 14.5. The third-order valence-electron chi connectivity index (χ3n) is 4.51. The molecule has 31 heavy (non-hydrogen) atoms. The molecule has 0 aliphatic carbocycles. The molecule has 9 nitrogen and oxygen atoms in total. The average Bonchev–Trinajstić information content (AvgIpc) is 2.66. The Balaban J connectivity index is 1.73. The molecule has 0 saturated carbocycles. The Morgan fingerprint density at radius 3 is 2.42 bits per heavy atom. The van der Waals surface area contributed by atoms with E-state index in [0.29, 0.717) is 37.2 Å². The monoisotopic (exact) mass is 433 g/mol. The Kier molecular flexibility index (Phi) is 8.41. The summed E-state index contributed by atoms with van der Waals surface area (Å²) in [7, 11) is 0. The van der Waals surface area contributed by atoms with E-state index in [9.17, 15) is 19.2 Å². The number of ether oxygens (including phenoxy) is 2. The van der Waals surface area contributed by atoms with Crippen molar-refractivity contribution in [2.24, 2.45) is 0 Å². The van der Waals surface area contributed by atoms with Gasteiger partial charge in [-0.3, -0.25) is 14.4 Å². The van der Waals surface area contributed by atoms with Crippen molar-refractivity contribution in [3.8, 4) is 5.75 Å². The molecule has 1 heterocycles. The standard InChI is InChI=1S/C22H31N3O6/c1-15(26)30-18-7-5-6-16(14-18)20(28)25-12-9-17(10-13-25)24-19(27)8-11-23-21(29)31-22(2,3)4/h5-7,14,17H,8-13H2,1-4H3,(H,23,29)(H,24,27). The van der Waals surface area contributed by atoms with Gasteiger partial charge in [0.25, 0.3) is 5.91 Å². The lowest BCUT2D eigenvalue weighted by atomic mass is 10.0. The van der Waals surface area contributed by atoms with E-state index in [1.165, 1.54) is 6.92 Å². The molecule has 1 aromatic rings. The van der Waals surface area contributed by atoms with Crippen molar-refractivity contribution in [1.29, 1.82) is 0 Å². The summed E-state index contributed by atoms with van der Waals surface area (Å²) in [6.07, 6.45) is 0.882. The third kappa shape index (κ3) is 8.65. The van der Waals surface area contributed by atoms with E-state index in [-0.39, 0.29) is 30.8 Å². The van der Waals surface area contributed by atoms with Crippen LogP contribution in [0, 0.1) is 0 Å². The van der Waals surface area contributed by atoms with Gasteiger partial charge in [-0.2, -0.15) is 0 Å². The number of nitrogens with zero attached hydrogens (tertiary/aromatic N) is 1. The molecule has 2 rings (SSSR count). The summed E-state index contributed by atoms with van der Waals surface area (Å²) < 4.78 is 10.2. The van der Waals surface area contributed by atoms with Gasteiger partial charge in [-0.15, -0.1) is 0 Å². The Bertz CT molecular complexity index is 810. The molecule has 170 valence electrons. The van der Waals surface area contributed by atoms with Crippen LogP contribution in [-0.4, -0.2) is 60.1 Å². The topological polar surface area (TPSA) is 114 Å². The lowest BCUT2D eigenvalue weighted by Gasteiger charge is -2.32. The van der Waals surface area contributed by atoms with Gasteiger partial charge < -0.3 is 25.0 Å². The third-order valence-corrected chi connectivity index (χ3v) is 4.51. The molecule has 0 aromatic heterocycles. The fraction of sp³-hybridized carbons (Fsp3) is 0.545. The highest BCUT2D eigenvalue weighted by atomic mass is 16.6. The van der Waals surface area contributed by atoms with E-state index in [2.05, 4.69) is 10.6 Å². The quantitative estimate of drug-likeness (QED) is 0.525. The zero-order valence-electron chi connectivity index (χ0n) is 18.5. The summed E-state index contributed by atoms with van der Waals surface area (Å²) in [6.45, 7) is 7.83. The number of rotatable bonds is 6. The van der Waals surface area contributed by atoms with Crippen LogP contribution in [0.15, 0.2) is 24.3 Å². The van der Waals surface area contributed by atoms with Gasteiger partial charge in [-0.05, 0) is 51.8 Å². The average molecular weight is 434 g/mol. The van der Waals surface area contributed by atoms with Gasteiger partial charge in [0, 0.05) is 44.6 Å². The molecule has 0 bridgehead atoms. The number of carbonyl (C=O) groups is 4. The number of esters is 1. The second kappa shape index (κ2) is 10.8. The summed E-state index contributed by atoms with van der Waals surface area (Å²) >= 11 is 0. The van der Waals surface area contributed by atoms with Crippen LogP contribution in [0.25, 0.3) is 0 Å². The number of likely N-dealkylation sites (tertiary alicyclic amines) is 1. The van der Waals surface area contributed by atoms with Crippen LogP contribution in [0.2, 0.25) is 0 Å². The highest BCUT2D eigenvalue weighted by molar-refractivity contribution is 5.94. The van der Waals surface area contributed by atoms with E-state index in [1.54, 1.807) is 49.9 Å². The molecule has 1 fully saturated rings. The molecule has 1 aromatic carbocycles. The van der Waals surface area contributed by atoms with Crippen molar-refractivity contribution >= 4 is 23.9 Å². The molecule has 0 spiro atoms. The van der Waals surface area contributed by atoms with Gasteiger partial charge in [0.1, 0.15) is 11.4 Å². The molecular weight excluding hydrogens is 402 g/mol. The lowest BCUT2D eigenvalue weighted by molar-refractivity contribution is -0.132. The lowest BCUT2D eigenvalue weighted by Crippen LogP contribution is -2.47. The molecule has 1 saturated heterocycles. The van der Waals surface area contributed by atoms with Gasteiger partial charge in [-0.1, -0.05) is 6.07 Å². The fourth-order valence-corrected chi connectivity index (χ4v) is 3.16. The minimum atomic E-state index is -0.584. The van der Waals surface area contributed by atoms with Gasteiger partial charge in [0.2, 0.25) is 5.91 Å². The Labute approximate surface area is 182 Å². The molecule has 0 unspecified atom stereocenters. The maximum Gasteiger partial charge on any atom is 0.407 e. The molecular formula is C22H31N3O6. The van der Waals surface area contributed by atoms with Gasteiger partial charge in [0.15, 0.2) is 0 Å². The second-order valence-electron chi connectivity index (χ2n) is 8.43. The number of amides is 3. The highest BCUT2D eigenvalue weighted by Gasteiger charge is 2.25. The molecule has 1 aliphatic rings. The number of nitrogens with one attached hydrogen (secondary N) is 2. The van der Waals surface area contributed by atoms with Crippen molar-refractivity contribution < 1.29 is 28.7 Å². The minimum absolute atomic E-state index is 0.0227. The van der Waals surface area contributed by atoms with Crippen LogP contribution >= 0.6 is 0 Å². The first-order valence-corrected chi connectivity index (χ1v) is 10.4. The molecule has 1 aliphatic heterocycles. The van der Waals surface area contributed by atoms with Crippen molar-refractivity contribution in [2.75, 3.05) is 19.6 Å². The molecule has 9 heteroatoms. The SMILES string of the molecule is CC(=O)Oc1cccc(C(=O)N2CCC(NC(=O)CCNC(=O)OC(C)(C)C)CC2)c1. The number of benzene rings is 1. The van der Waals surface area contributed by atoms with E-state index in [0.717, 1.165) is 0 Å². The van der Waals surface area contributed by atoms with Gasteiger partial charge in [-0.25, -0.2) is 4.79 Å². The zero-order chi connectivity index (χ0) is 23.0. The van der Waals surface area contributed by atoms with Crippen molar-refractivity contribution in [3.05, 3.63) is 29.8 Å². The van der Waals surface area contributed by atoms with E-state index in [4.69, 9.17) is 9.47 Å². The summed E-state index contributed by atoms with van der Waals surface area (Å²) in [5.41, 5.74) is -0.131. The van der Waals surface area contributed by atoms with Crippen LogP contribution < -0.4 is 15.4 Å². The fourth-order valence-electron chi connectivity index (χ4n) is 3.16. The van der Waals surface area contributed by atoms with Gasteiger partial charge >= 0.3 is 12.1 Å². The van der Waals surface area contributed by atoms with Crippen molar-refractivity contribution in [1.82, 2.24) is 15.5 Å². The number of carbonyl (C=O) groups excluding carboxylic acids is 4. The van der Waals surface area contributed by atoms with Crippen LogP contribution in [0.4, 0.5) is 4.79 Å². The van der Waals surface area contributed by atoms with Crippen LogP contribution in [0.5, 0.6) is 5.75 Å². The first kappa shape index (κ1) is 24.2. The Morgan fingerprint density at radius 1 is 1.13 bits per heavy atom. The van der Waals surface area contributed by atoms with Crippen LogP contribution in [0.1, 0.15) is 57.3 Å². The smallest absolute Gasteiger partial charge is 0.407 e. The first-order valence-electron chi connectivity index (χ1n) is 10.4. The number of piperidine rings is 1. The predicted molar refractivity (Wildman–Crippen MR) is 114 cm³/mol. The molecule has 0 radical (unpaired) electrons. The van der Waals surface area contributed by atoms with Crippen LogP contribution in [0.3, 0.4) is 0 Å². The summed E-state index contributed by atoms with van der Waals surface area (Å²) in [5.74, 6) is -0.404.